The number of H-pyrrole nitrogens is 1. The van der Waals surface area contributed by atoms with Gasteiger partial charge in [0.15, 0.2) is 0 Å². The summed E-state index contributed by atoms with van der Waals surface area (Å²) >= 11 is 6.33. The molecule has 1 heterocycles. The van der Waals surface area contributed by atoms with Crippen LogP contribution < -0.4 is 5.32 Å². The highest BCUT2D eigenvalue weighted by Crippen LogP contribution is 2.27. The van der Waals surface area contributed by atoms with Crippen LogP contribution in [0.2, 0.25) is 5.02 Å². The fourth-order valence-corrected chi connectivity index (χ4v) is 3.28. The Kier molecular flexibility index (Phi) is 5.40. The van der Waals surface area contributed by atoms with Gasteiger partial charge in [-0.05, 0) is 35.9 Å². The van der Waals surface area contributed by atoms with Gasteiger partial charge in [-0.25, -0.2) is 9.97 Å². The van der Waals surface area contributed by atoms with Crippen LogP contribution in [0.25, 0.3) is 33.2 Å². The van der Waals surface area contributed by atoms with Crippen molar-refractivity contribution in [3.63, 3.8) is 0 Å². The molecular weight excluding hydrogens is 384 g/mol. The number of fused-ring (bicyclic) bond motifs is 2. The van der Waals surface area contributed by atoms with Crippen LogP contribution in [0.4, 0.5) is 0 Å². The molecule has 1 aromatic heterocycles. The number of aromatic amines is 1. The number of carbonyl (C=O) groups excluding carboxylic acids is 1. The molecule has 29 heavy (non-hydrogen) atoms. The Morgan fingerprint density at radius 3 is 2.48 bits per heavy atom. The van der Waals surface area contributed by atoms with Crippen molar-refractivity contribution in [1.29, 1.82) is 0 Å². The largest absolute Gasteiger partial charge is 0.353 e. The quantitative estimate of drug-likeness (QED) is 0.495. The van der Waals surface area contributed by atoms with Gasteiger partial charge in [-0.1, -0.05) is 54.1 Å². The van der Waals surface area contributed by atoms with Crippen molar-refractivity contribution in [2.75, 3.05) is 0 Å². The zero-order chi connectivity index (χ0) is 20.2. The third-order valence-corrected chi connectivity index (χ3v) is 4.68. The first-order valence-corrected chi connectivity index (χ1v) is 9.60. The van der Waals surface area contributed by atoms with Crippen molar-refractivity contribution < 1.29 is 4.79 Å². The van der Waals surface area contributed by atoms with E-state index < -0.39 is 0 Å². The first-order chi connectivity index (χ1) is 14.1. The molecule has 0 spiro atoms. The number of amides is 1. The Hall–Kier alpha value is -3.44. The van der Waals surface area contributed by atoms with Crippen LogP contribution in [-0.2, 0) is 11.3 Å². The summed E-state index contributed by atoms with van der Waals surface area (Å²) in [6.45, 7) is 1.70. The molecule has 0 aliphatic rings. The molecule has 4 rings (SSSR count). The number of nitrogens with one attached hydrogen (secondary N) is 2. The third kappa shape index (κ3) is 4.36. The molecule has 144 valence electrons. The smallest absolute Gasteiger partial charge is 0.217 e. The Bertz CT molecular complexity index is 1250. The lowest BCUT2D eigenvalue weighted by Gasteiger charge is -2.05. The molecule has 5 nitrogen and oxygen atoms in total. The van der Waals surface area contributed by atoms with E-state index in [1.165, 1.54) is 6.92 Å². The molecule has 0 aliphatic carbocycles. The number of aromatic nitrogens is 3. The van der Waals surface area contributed by atoms with E-state index in [9.17, 15) is 4.79 Å². The second-order valence-electron chi connectivity index (χ2n) is 6.59. The van der Waals surface area contributed by atoms with Crippen LogP contribution in [0.1, 0.15) is 12.7 Å². The van der Waals surface area contributed by atoms with Crippen LogP contribution in [-0.4, -0.2) is 20.9 Å². The maximum Gasteiger partial charge on any atom is 0.217 e. The van der Waals surface area contributed by atoms with Gasteiger partial charge in [-0.3, -0.25) is 4.79 Å². The number of carbonyl (C=O) groups is 1. The summed E-state index contributed by atoms with van der Waals surface area (Å²) in [6, 6.07) is 23.3. The van der Waals surface area contributed by atoms with E-state index in [2.05, 4.69) is 10.3 Å². The number of nitrogens with zero attached hydrogens (tertiary/aromatic N) is 2. The SMILES string of the molecule is CC(=O)NCc1nc2ccccc2[nH]c(-c2ccccc2)c2cc(Cl)ccc2n1. The average molecular weight is 403 g/mol. The van der Waals surface area contributed by atoms with Gasteiger partial charge in [0.1, 0.15) is 5.82 Å². The third-order valence-electron chi connectivity index (χ3n) is 4.45. The summed E-state index contributed by atoms with van der Waals surface area (Å²) in [5.74, 6) is 0.370. The van der Waals surface area contributed by atoms with Gasteiger partial charge in [0, 0.05) is 17.3 Å². The lowest BCUT2D eigenvalue weighted by atomic mass is 10.1. The molecule has 4 aromatic rings. The van der Waals surface area contributed by atoms with Gasteiger partial charge in [-0.2, -0.15) is 0 Å². The molecule has 0 unspecified atom stereocenters. The molecule has 0 radical (unpaired) electrons. The highest BCUT2D eigenvalue weighted by atomic mass is 35.5. The van der Waals surface area contributed by atoms with Crippen molar-refractivity contribution in [1.82, 2.24) is 20.3 Å². The summed E-state index contributed by atoms with van der Waals surface area (Å²) in [5, 5.41) is 4.25. The summed E-state index contributed by atoms with van der Waals surface area (Å²) in [6.07, 6.45) is 0. The normalized spacial score (nSPS) is 10.7. The van der Waals surface area contributed by atoms with Gasteiger partial charge in [0.2, 0.25) is 5.91 Å². The minimum Gasteiger partial charge on any atom is -0.353 e. The molecule has 0 saturated heterocycles. The predicted molar refractivity (Wildman–Crippen MR) is 117 cm³/mol. The van der Waals surface area contributed by atoms with Gasteiger partial charge < -0.3 is 10.3 Å². The summed E-state index contributed by atoms with van der Waals surface area (Å²) in [5.41, 5.74) is 4.19. The molecule has 0 saturated carbocycles. The topological polar surface area (TPSA) is 70.7 Å². The number of hydrogen-bond acceptors (Lipinski definition) is 3. The van der Waals surface area contributed by atoms with Crippen LogP contribution in [0.15, 0.2) is 72.8 Å². The van der Waals surface area contributed by atoms with Crippen molar-refractivity contribution in [2.24, 2.45) is 0 Å². The van der Waals surface area contributed by atoms with Gasteiger partial charge in [0.25, 0.3) is 0 Å². The highest BCUT2D eigenvalue weighted by Gasteiger charge is 2.07. The molecule has 0 aliphatic heterocycles. The molecule has 6 heteroatoms. The van der Waals surface area contributed by atoms with Crippen LogP contribution in [0.5, 0.6) is 0 Å². The zero-order valence-corrected chi connectivity index (χ0v) is 16.6. The van der Waals surface area contributed by atoms with E-state index in [1.54, 1.807) is 6.07 Å². The molecule has 0 fully saturated rings. The van der Waals surface area contributed by atoms with E-state index in [-0.39, 0.29) is 12.5 Å². The zero-order valence-electron chi connectivity index (χ0n) is 15.8. The Morgan fingerprint density at radius 2 is 1.69 bits per heavy atom. The van der Waals surface area contributed by atoms with Crippen molar-refractivity contribution in [3.8, 4) is 11.3 Å². The van der Waals surface area contributed by atoms with Crippen molar-refractivity contribution in [2.45, 2.75) is 13.5 Å². The first kappa shape index (κ1) is 18.9. The summed E-state index contributed by atoms with van der Waals surface area (Å²) < 4.78 is 0. The van der Waals surface area contributed by atoms with Crippen LogP contribution in [0.3, 0.4) is 0 Å². The van der Waals surface area contributed by atoms with Gasteiger partial charge in [0.05, 0.1) is 28.8 Å². The lowest BCUT2D eigenvalue weighted by Crippen LogP contribution is -2.20. The van der Waals surface area contributed by atoms with E-state index >= 15 is 0 Å². The van der Waals surface area contributed by atoms with Gasteiger partial charge >= 0.3 is 0 Å². The van der Waals surface area contributed by atoms with Crippen LogP contribution in [0, 0.1) is 0 Å². The van der Waals surface area contributed by atoms with E-state index in [0.29, 0.717) is 10.8 Å². The Labute approximate surface area is 173 Å². The van der Waals surface area contributed by atoms with E-state index in [0.717, 1.165) is 33.2 Å². The Balaban J connectivity index is 2.15. The van der Waals surface area contributed by atoms with Crippen molar-refractivity contribution >= 4 is 39.4 Å². The number of benzene rings is 3. The minimum atomic E-state index is -0.137. The molecule has 1 amide bonds. The molecule has 2 N–H and O–H groups in total. The first-order valence-electron chi connectivity index (χ1n) is 9.22. The molecular formula is C23H19ClN4O. The molecule has 3 aromatic carbocycles. The highest BCUT2D eigenvalue weighted by molar-refractivity contribution is 6.31. The Morgan fingerprint density at radius 1 is 0.966 bits per heavy atom. The van der Waals surface area contributed by atoms with E-state index in [4.69, 9.17) is 21.6 Å². The minimum absolute atomic E-state index is 0.137. The number of rotatable bonds is 3. The second kappa shape index (κ2) is 8.29. The summed E-state index contributed by atoms with van der Waals surface area (Å²) in [7, 11) is 0. The fourth-order valence-electron chi connectivity index (χ4n) is 3.10. The average Bonchev–Trinajstić information content (AvgIpc) is 2.79. The van der Waals surface area contributed by atoms with Crippen molar-refractivity contribution in [3.05, 3.63) is 83.6 Å². The number of hydrogen-bond donors (Lipinski definition) is 2. The second-order valence-corrected chi connectivity index (χ2v) is 7.03. The lowest BCUT2D eigenvalue weighted by molar-refractivity contribution is -0.119. The summed E-state index contributed by atoms with van der Waals surface area (Å²) in [4.78, 5) is 24.4. The standard InChI is InChI=1S/C23H19ClN4O/c1-15(29)25-14-22-26-19-12-11-17(24)13-18(19)23(16-7-3-2-4-8-16)28-21-10-6-5-9-20(21)27-22/h2-13,28H,14H2,1H3,(H,25,29). The molecule has 0 bridgehead atoms. The number of halogens is 1. The maximum atomic E-state index is 11.4. The fraction of sp³-hybridized carbons (Fsp3) is 0.0870. The number of para-hydroxylation sites is 2. The van der Waals surface area contributed by atoms with Crippen LogP contribution >= 0.6 is 11.6 Å². The monoisotopic (exact) mass is 402 g/mol. The van der Waals surface area contributed by atoms with E-state index in [1.807, 2.05) is 66.7 Å². The maximum absolute atomic E-state index is 11.4. The van der Waals surface area contributed by atoms with Gasteiger partial charge in [-0.15, -0.1) is 0 Å². The predicted octanol–water partition coefficient (Wildman–Crippen LogP) is 5.19. The molecule has 0 atom stereocenters.